The highest BCUT2D eigenvalue weighted by atomic mass is 28.3. The van der Waals surface area contributed by atoms with Crippen LogP contribution in [0, 0.1) is 5.92 Å². The molecule has 6 atom stereocenters. The van der Waals surface area contributed by atoms with Crippen molar-refractivity contribution in [3.05, 3.63) is 11.3 Å². The van der Waals surface area contributed by atoms with Crippen LogP contribution in [0.4, 0.5) is 0 Å². The number of ether oxygens (including phenoxy) is 5. The predicted octanol–water partition coefficient (Wildman–Crippen LogP) is 3.84. The summed E-state index contributed by atoms with van der Waals surface area (Å²) in [5, 5.41) is 0. The Morgan fingerprint density at radius 2 is 1.92 bits per heavy atom. The number of hydrogen-bond donors (Lipinski definition) is 0. The van der Waals surface area contributed by atoms with Crippen molar-refractivity contribution in [2.45, 2.75) is 96.9 Å². The van der Waals surface area contributed by atoms with Gasteiger partial charge in [-0.3, -0.25) is 0 Å². The van der Waals surface area contributed by atoms with E-state index in [0.717, 1.165) is 12.8 Å². The Balaban J connectivity index is 1.84. The molecule has 3 fully saturated rings. The quantitative estimate of drug-likeness (QED) is 0.543. The molecule has 0 aromatic rings. The average molecular weight is 371 g/mol. The lowest BCUT2D eigenvalue weighted by atomic mass is 9.89. The van der Waals surface area contributed by atoms with Gasteiger partial charge in [0, 0.05) is 12.5 Å². The van der Waals surface area contributed by atoms with Crippen LogP contribution in [0.15, 0.2) is 11.3 Å². The summed E-state index contributed by atoms with van der Waals surface area (Å²) < 4.78 is 30.4. The Bertz CT molecular complexity index is 512. The fourth-order valence-corrected chi connectivity index (χ4v) is 5.77. The van der Waals surface area contributed by atoms with Crippen LogP contribution in [-0.4, -0.2) is 51.4 Å². The molecule has 5 nitrogen and oxygen atoms in total. The standard InChI is InChI=1S/C19H34O5Si/c1-8-20-12(2)21-18-17-16(23-19(3,4)24-17)15-13(11-25(5,6)7)9-10-14(15)22-18/h11-12,14-18H,8-10H2,1-7H3/b13-11+/t12?,14-,15+,16+,17+,18+/m1/s1. The van der Waals surface area contributed by atoms with E-state index in [1.165, 1.54) is 5.57 Å². The molecule has 0 amide bonds. The summed E-state index contributed by atoms with van der Waals surface area (Å²) in [4.78, 5) is 0. The van der Waals surface area contributed by atoms with E-state index in [9.17, 15) is 0 Å². The Kier molecular flexibility index (Phi) is 5.51. The maximum Gasteiger partial charge on any atom is 0.189 e. The molecule has 144 valence electrons. The molecule has 0 N–H and O–H groups in total. The number of fused-ring (bicyclic) bond motifs is 3. The normalized spacial score (nSPS) is 40.1. The van der Waals surface area contributed by atoms with Crippen molar-refractivity contribution < 1.29 is 23.7 Å². The van der Waals surface area contributed by atoms with Crippen LogP contribution in [0.5, 0.6) is 0 Å². The van der Waals surface area contributed by atoms with Crippen LogP contribution < -0.4 is 0 Å². The Labute approximate surface area is 153 Å². The molecular weight excluding hydrogens is 336 g/mol. The van der Waals surface area contributed by atoms with Crippen molar-refractivity contribution in [3.63, 3.8) is 0 Å². The minimum absolute atomic E-state index is 0.0160. The molecule has 0 aromatic carbocycles. The van der Waals surface area contributed by atoms with E-state index in [1.807, 2.05) is 27.7 Å². The van der Waals surface area contributed by atoms with Crippen LogP contribution >= 0.6 is 0 Å². The maximum absolute atomic E-state index is 6.35. The third-order valence-electron chi connectivity index (χ3n) is 4.99. The molecule has 1 aliphatic carbocycles. The average Bonchev–Trinajstić information content (AvgIpc) is 2.97. The van der Waals surface area contributed by atoms with Crippen molar-refractivity contribution in [1.82, 2.24) is 0 Å². The Hall–Kier alpha value is -0.243. The van der Waals surface area contributed by atoms with Crippen LogP contribution in [0.1, 0.15) is 40.5 Å². The summed E-state index contributed by atoms with van der Waals surface area (Å²) in [5.41, 5.74) is 4.02. The molecule has 0 spiro atoms. The van der Waals surface area contributed by atoms with E-state index in [1.54, 1.807) is 0 Å². The van der Waals surface area contributed by atoms with Gasteiger partial charge in [-0.1, -0.05) is 30.9 Å². The lowest BCUT2D eigenvalue weighted by Crippen LogP contribution is -2.53. The minimum atomic E-state index is -1.30. The van der Waals surface area contributed by atoms with E-state index in [-0.39, 0.29) is 30.5 Å². The highest BCUT2D eigenvalue weighted by Crippen LogP contribution is 2.49. The molecule has 2 heterocycles. The molecule has 0 bridgehead atoms. The highest BCUT2D eigenvalue weighted by Gasteiger charge is 2.58. The first-order chi connectivity index (χ1) is 11.6. The van der Waals surface area contributed by atoms with Crippen LogP contribution in [0.2, 0.25) is 19.6 Å². The van der Waals surface area contributed by atoms with Gasteiger partial charge in [0.1, 0.15) is 12.2 Å². The molecule has 3 aliphatic rings. The predicted molar refractivity (Wildman–Crippen MR) is 98.8 cm³/mol. The maximum atomic E-state index is 6.35. The van der Waals surface area contributed by atoms with Gasteiger partial charge in [-0.2, -0.15) is 0 Å². The Morgan fingerprint density at radius 1 is 1.24 bits per heavy atom. The molecule has 1 saturated carbocycles. The zero-order valence-corrected chi connectivity index (χ0v) is 17.7. The second-order valence-electron chi connectivity index (χ2n) is 8.92. The second kappa shape index (κ2) is 7.06. The molecule has 2 saturated heterocycles. The van der Waals surface area contributed by atoms with Gasteiger partial charge < -0.3 is 23.7 Å². The van der Waals surface area contributed by atoms with Gasteiger partial charge in [0.15, 0.2) is 18.4 Å². The molecule has 1 unspecified atom stereocenters. The van der Waals surface area contributed by atoms with Gasteiger partial charge in [0.05, 0.1) is 14.2 Å². The fraction of sp³-hybridized carbons (Fsp3) is 0.895. The number of rotatable bonds is 5. The molecule has 6 heteroatoms. The first-order valence-corrected chi connectivity index (χ1v) is 13.2. The molecular formula is C19H34O5Si. The molecule has 2 aliphatic heterocycles. The monoisotopic (exact) mass is 370 g/mol. The van der Waals surface area contributed by atoms with Crippen LogP contribution in [-0.2, 0) is 23.7 Å². The molecule has 0 radical (unpaired) electrons. The summed E-state index contributed by atoms with van der Waals surface area (Å²) >= 11 is 0. The third kappa shape index (κ3) is 4.37. The van der Waals surface area contributed by atoms with Crippen LogP contribution in [0.25, 0.3) is 0 Å². The Morgan fingerprint density at radius 3 is 2.56 bits per heavy atom. The van der Waals surface area contributed by atoms with Gasteiger partial charge in [-0.05, 0) is 40.5 Å². The molecule has 3 rings (SSSR count). The van der Waals surface area contributed by atoms with E-state index < -0.39 is 20.2 Å². The zero-order valence-electron chi connectivity index (χ0n) is 16.7. The van der Waals surface area contributed by atoms with E-state index in [4.69, 9.17) is 23.7 Å². The van der Waals surface area contributed by atoms with E-state index in [2.05, 4.69) is 25.3 Å². The smallest absolute Gasteiger partial charge is 0.189 e. The van der Waals surface area contributed by atoms with Gasteiger partial charge in [-0.15, -0.1) is 0 Å². The first-order valence-electron chi connectivity index (χ1n) is 9.59. The van der Waals surface area contributed by atoms with Gasteiger partial charge in [0.2, 0.25) is 0 Å². The third-order valence-corrected chi connectivity index (χ3v) is 6.22. The molecule has 0 aromatic heterocycles. The van der Waals surface area contributed by atoms with Crippen molar-refractivity contribution >= 4 is 8.07 Å². The lowest BCUT2D eigenvalue weighted by Gasteiger charge is -2.40. The minimum Gasteiger partial charge on any atom is -0.353 e. The second-order valence-corrected chi connectivity index (χ2v) is 13.9. The van der Waals surface area contributed by atoms with Crippen molar-refractivity contribution in [3.8, 4) is 0 Å². The van der Waals surface area contributed by atoms with Crippen molar-refractivity contribution in [2.24, 2.45) is 5.92 Å². The topological polar surface area (TPSA) is 46.2 Å². The summed E-state index contributed by atoms with van der Waals surface area (Å²) in [5.74, 6) is -0.336. The largest absolute Gasteiger partial charge is 0.353 e. The summed E-state index contributed by atoms with van der Waals surface area (Å²) in [7, 11) is -1.30. The van der Waals surface area contributed by atoms with Gasteiger partial charge in [-0.25, -0.2) is 0 Å². The molecule has 25 heavy (non-hydrogen) atoms. The zero-order chi connectivity index (χ0) is 18.4. The fourth-order valence-electron chi connectivity index (χ4n) is 4.32. The summed E-state index contributed by atoms with van der Waals surface area (Å²) in [6.07, 6.45) is 1.25. The first kappa shape index (κ1) is 19.5. The van der Waals surface area contributed by atoms with Gasteiger partial charge >= 0.3 is 0 Å². The van der Waals surface area contributed by atoms with Crippen molar-refractivity contribution in [1.29, 1.82) is 0 Å². The SMILES string of the molecule is CCOC(C)O[C@H]1O[C@@H]2CC/C(=C\[Si](C)(C)C)[C@@H]2[C@@H]2OC(C)(C)O[C@H]12. The lowest BCUT2D eigenvalue weighted by molar-refractivity contribution is -0.305. The van der Waals surface area contributed by atoms with E-state index in [0.29, 0.717) is 6.61 Å². The van der Waals surface area contributed by atoms with Crippen LogP contribution in [0.3, 0.4) is 0 Å². The van der Waals surface area contributed by atoms with Gasteiger partial charge in [0.25, 0.3) is 0 Å². The van der Waals surface area contributed by atoms with E-state index >= 15 is 0 Å². The summed E-state index contributed by atoms with van der Waals surface area (Å²) in [6.45, 7) is 15.5. The number of hydrogen-bond acceptors (Lipinski definition) is 5. The summed E-state index contributed by atoms with van der Waals surface area (Å²) in [6, 6.07) is 0. The highest BCUT2D eigenvalue weighted by molar-refractivity contribution is 6.81. The van der Waals surface area contributed by atoms with Crippen molar-refractivity contribution in [2.75, 3.05) is 6.61 Å².